The number of rotatable bonds is 3. The SMILES string of the molecule is CNC(C)C(=O)c1c[nH]c2ccc(Br)cc12. The topological polar surface area (TPSA) is 44.9 Å². The molecule has 0 aliphatic rings. The minimum atomic E-state index is -0.169. The summed E-state index contributed by atoms with van der Waals surface area (Å²) in [6, 6.07) is 5.70. The second-order valence-electron chi connectivity index (χ2n) is 3.77. The van der Waals surface area contributed by atoms with E-state index in [1.54, 1.807) is 13.2 Å². The first kappa shape index (κ1) is 11.4. The van der Waals surface area contributed by atoms with Crippen molar-refractivity contribution in [3.63, 3.8) is 0 Å². The molecule has 1 unspecified atom stereocenters. The minimum Gasteiger partial charge on any atom is -0.360 e. The highest BCUT2D eigenvalue weighted by Gasteiger charge is 2.17. The van der Waals surface area contributed by atoms with Crippen molar-refractivity contribution < 1.29 is 4.79 Å². The quantitative estimate of drug-likeness (QED) is 0.850. The van der Waals surface area contributed by atoms with Crippen LogP contribution in [0, 0.1) is 0 Å². The molecule has 0 radical (unpaired) electrons. The Balaban J connectivity index is 2.53. The number of ketones is 1. The Hall–Kier alpha value is -1.13. The minimum absolute atomic E-state index is 0.104. The zero-order valence-electron chi connectivity index (χ0n) is 9.17. The summed E-state index contributed by atoms with van der Waals surface area (Å²) in [5.74, 6) is 0.104. The Morgan fingerprint density at radius 1 is 1.50 bits per heavy atom. The maximum Gasteiger partial charge on any atom is 0.181 e. The fourth-order valence-corrected chi connectivity index (χ4v) is 2.02. The number of nitrogens with one attached hydrogen (secondary N) is 2. The second-order valence-corrected chi connectivity index (χ2v) is 4.68. The summed E-state index contributed by atoms with van der Waals surface area (Å²) >= 11 is 3.41. The summed E-state index contributed by atoms with van der Waals surface area (Å²) < 4.78 is 0.978. The van der Waals surface area contributed by atoms with Crippen molar-refractivity contribution in [1.82, 2.24) is 10.3 Å². The van der Waals surface area contributed by atoms with Gasteiger partial charge in [0.2, 0.25) is 0 Å². The number of hydrogen-bond donors (Lipinski definition) is 2. The number of benzene rings is 1. The Morgan fingerprint density at radius 2 is 2.25 bits per heavy atom. The monoisotopic (exact) mass is 280 g/mol. The van der Waals surface area contributed by atoms with Crippen molar-refractivity contribution in [2.75, 3.05) is 7.05 Å². The van der Waals surface area contributed by atoms with Crippen LogP contribution in [0.15, 0.2) is 28.9 Å². The van der Waals surface area contributed by atoms with Gasteiger partial charge in [0.25, 0.3) is 0 Å². The fraction of sp³-hybridized carbons (Fsp3) is 0.250. The Kier molecular flexibility index (Phi) is 3.12. The number of aromatic nitrogens is 1. The van der Waals surface area contributed by atoms with Gasteiger partial charge in [-0.05, 0) is 32.2 Å². The molecule has 84 valence electrons. The molecule has 0 bridgehead atoms. The maximum absolute atomic E-state index is 12.1. The molecule has 1 aromatic carbocycles. The molecule has 2 N–H and O–H groups in total. The standard InChI is InChI=1S/C12H13BrN2O/c1-7(14-2)12(16)10-6-15-11-4-3-8(13)5-9(10)11/h3-7,14-15H,1-2H3. The number of Topliss-reactive ketones (excluding diaryl/α,β-unsaturated/α-hetero) is 1. The van der Waals surface area contributed by atoms with Crippen molar-refractivity contribution in [1.29, 1.82) is 0 Å². The van der Waals surface area contributed by atoms with E-state index < -0.39 is 0 Å². The lowest BCUT2D eigenvalue weighted by molar-refractivity contribution is 0.0956. The molecule has 2 aromatic rings. The number of carbonyl (C=O) groups is 1. The van der Waals surface area contributed by atoms with Gasteiger partial charge < -0.3 is 10.3 Å². The number of fused-ring (bicyclic) bond motifs is 1. The van der Waals surface area contributed by atoms with Crippen LogP contribution in [0.4, 0.5) is 0 Å². The molecule has 1 heterocycles. The molecule has 0 amide bonds. The van der Waals surface area contributed by atoms with E-state index in [4.69, 9.17) is 0 Å². The van der Waals surface area contributed by atoms with Gasteiger partial charge in [-0.1, -0.05) is 15.9 Å². The summed E-state index contributed by atoms with van der Waals surface area (Å²) in [6.45, 7) is 1.86. The third kappa shape index (κ3) is 1.90. The van der Waals surface area contributed by atoms with E-state index in [1.165, 1.54) is 0 Å². The summed E-state index contributed by atoms with van der Waals surface area (Å²) in [4.78, 5) is 15.2. The molecule has 0 aliphatic heterocycles. The molecular formula is C12H13BrN2O. The lowest BCUT2D eigenvalue weighted by Gasteiger charge is -2.07. The van der Waals surface area contributed by atoms with Crippen molar-refractivity contribution in [2.24, 2.45) is 0 Å². The van der Waals surface area contributed by atoms with E-state index in [9.17, 15) is 4.79 Å². The smallest absolute Gasteiger partial charge is 0.181 e. The van der Waals surface area contributed by atoms with Gasteiger partial charge >= 0.3 is 0 Å². The van der Waals surface area contributed by atoms with E-state index in [2.05, 4.69) is 26.2 Å². The number of hydrogen-bond acceptors (Lipinski definition) is 2. The molecule has 0 fully saturated rings. The normalized spacial score (nSPS) is 12.9. The van der Waals surface area contributed by atoms with Crippen LogP contribution in [0.2, 0.25) is 0 Å². The predicted octanol–water partition coefficient (Wildman–Crippen LogP) is 2.72. The summed E-state index contributed by atoms with van der Waals surface area (Å²) in [6.07, 6.45) is 1.77. The maximum atomic E-state index is 12.1. The van der Waals surface area contributed by atoms with Gasteiger partial charge in [0.15, 0.2) is 5.78 Å². The molecule has 0 aliphatic carbocycles. The third-order valence-electron chi connectivity index (χ3n) is 2.74. The van der Waals surface area contributed by atoms with Crippen molar-refractivity contribution >= 4 is 32.6 Å². The van der Waals surface area contributed by atoms with Gasteiger partial charge in [-0.2, -0.15) is 0 Å². The van der Waals surface area contributed by atoms with Crippen LogP contribution in [0.25, 0.3) is 10.9 Å². The van der Waals surface area contributed by atoms with Gasteiger partial charge in [0.1, 0.15) is 0 Å². The number of halogens is 1. The van der Waals surface area contributed by atoms with E-state index >= 15 is 0 Å². The second kappa shape index (κ2) is 4.39. The molecule has 1 atom stereocenters. The zero-order valence-corrected chi connectivity index (χ0v) is 10.8. The van der Waals surface area contributed by atoms with Crippen LogP contribution >= 0.6 is 15.9 Å². The first-order valence-corrected chi connectivity index (χ1v) is 5.91. The molecule has 0 saturated heterocycles. The fourth-order valence-electron chi connectivity index (χ4n) is 1.66. The molecule has 0 saturated carbocycles. The first-order chi connectivity index (χ1) is 7.63. The number of H-pyrrole nitrogens is 1. The summed E-state index contributed by atoms with van der Waals surface area (Å²) in [5.41, 5.74) is 1.72. The lowest BCUT2D eigenvalue weighted by atomic mass is 10.0. The largest absolute Gasteiger partial charge is 0.360 e. The molecule has 4 heteroatoms. The highest BCUT2D eigenvalue weighted by atomic mass is 79.9. The molecule has 1 aromatic heterocycles. The van der Waals surface area contributed by atoms with Crippen molar-refractivity contribution in [3.05, 3.63) is 34.4 Å². The van der Waals surface area contributed by atoms with Crippen LogP contribution in [-0.2, 0) is 0 Å². The van der Waals surface area contributed by atoms with Gasteiger partial charge in [0.05, 0.1) is 6.04 Å². The average molecular weight is 281 g/mol. The lowest BCUT2D eigenvalue weighted by Crippen LogP contribution is -2.30. The van der Waals surface area contributed by atoms with Crippen LogP contribution in [0.1, 0.15) is 17.3 Å². The summed E-state index contributed by atoms with van der Waals surface area (Å²) in [7, 11) is 1.79. The Morgan fingerprint density at radius 3 is 2.94 bits per heavy atom. The number of likely N-dealkylation sites (N-methyl/N-ethyl adjacent to an activating group) is 1. The highest BCUT2D eigenvalue weighted by Crippen LogP contribution is 2.23. The average Bonchev–Trinajstić information content (AvgIpc) is 2.69. The predicted molar refractivity (Wildman–Crippen MR) is 68.9 cm³/mol. The van der Waals surface area contributed by atoms with Crippen LogP contribution in [-0.4, -0.2) is 23.9 Å². The molecule has 3 nitrogen and oxygen atoms in total. The van der Waals surface area contributed by atoms with Gasteiger partial charge in [-0.15, -0.1) is 0 Å². The highest BCUT2D eigenvalue weighted by molar-refractivity contribution is 9.10. The molecule has 2 rings (SSSR count). The number of carbonyl (C=O) groups excluding carboxylic acids is 1. The van der Waals surface area contributed by atoms with E-state index in [0.29, 0.717) is 0 Å². The molecular weight excluding hydrogens is 268 g/mol. The van der Waals surface area contributed by atoms with Crippen LogP contribution in [0.3, 0.4) is 0 Å². The summed E-state index contributed by atoms with van der Waals surface area (Å²) in [5, 5.41) is 3.92. The van der Waals surface area contributed by atoms with Crippen LogP contribution < -0.4 is 5.32 Å². The Labute approximate surface area is 102 Å². The zero-order chi connectivity index (χ0) is 11.7. The van der Waals surface area contributed by atoms with Crippen molar-refractivity contribution in [2.45, 2.75) is 13.0 Å². The van der Waals surface area contributed by atoms with E-state index in [1.807, 2.05) is 25.1 Å². The first-order valence-electron chi connectivity index (χ1n) is 5.11. The van der Waals surface area contributed by atoms with Crippen molar-refractivity contribution in [3.8, 4) is 0 Å². The van der Waals surface area contributed by atoms with E-state index in [0.717, 1.165) is 20.9 Å². The van der Waals surface area contributed by atoms with Gasteiger partial charge in [0, 0.05) is 27.1 Å². The van der Waals surface area contributed by atoms with Crippen LogP contribution in [0.5, 0.6) is 0 Å². The third-order valence-corrected chi connectivity index (χ3v) is 3.23. The number of aromatic amines is 1. The molecule has 16 heavy (non-hydrogen) atoms. The van der Waals surface area contributed by atoms with Gasteiger partial charge in [-0.25, -0.2) is 0 Å². The van der Waals surface area contributed by atoms with Gasteiger partial charge in [-0.3, -0.25) is 4.79 Å². The van der Waals surface area contributed by atoms with E-state index in [-0.39, 0.29) is 11.8 Å². The Bertz CT molecular complexity index is 533. The molecule has 0 spiro atoms.